The molecule has 4 rings (SSSR count). The molecule has 0 aliphatic carbocycles. The summed E-state index contributed by atoms with van der Waals surface area (Å²) in [6.07, 6.45) is 7.38. The average Bonchev–Trinajstić information content (AvgIpc) is 3.06. The second-order valence-electron chi connectivity index (χ2n) is 12.1. The molecule has 0 bridgehead atoms. The zero-order valence-electron chi connectivity index (χ0n) is 31.2. The van der Waals surface area contributed by atoms with Crippen LogP contribution in [0.4, 0.5) is 0 Å². The van der Waals surface area contributed by atoms with Crippen LogP contribution in [-0.4, -0.2) is 55.0 Å². The van der Waals surface area contributed by atoms with Crippen LogP contribution in [0.1, 0.15) is 64.3 Å². The third-order valence-corrected chi connectivity index (χ3v) is 6.21. The molecule has 20 heteroatoms. The summed E-state index contributed by atoms with van der Waals surface area (Å²) in [4.78, 5) is 22.4. The molecule has 0 aromatic carbocycles. The first-order valence-corrected chi connectivity index (χ1v) is 17.7. The Morgan fingerprint density at radius 3 is 0.685 bits per heavy atom. The maximum Gasteiger partial charge on any atom is 3.00 e. The van der Waals surface area contributed by atoms with Gasteiger partial charge in [-0.1, -0.05) is 24.3 Å². The van der Waals surface area contributed by atoms with Crippen LogP contribution < -0.4 is 47.5 Å². The smallest absolute Gasteiger partial charge is 0.857 e. The predicted octanol–water partition coefficient (Wildman–Crippen LogP) is -5.01. The quantitative estimate of drug-likeness (QED) is 0.150. The number of nitrogens with zero attached hydrogens (tertiary/aromatic N) is 6. The van der Waals surface area contributed by atoms with Crippen LogP contribution in [0.25, 0.3) is 0 Å². The van der Waals surface area contributed by atoms with Gasteiger partial charge in [-0.25, -0.2) is 37.3 Å². The van der Waals surface area contributed by atoms with Gasteiger partial charge in [-0.3, -0.25) is 29.7 Å². The summed E-state index contributed by atoms with van der Waals surface area (Å²) in [6.45, 7) is 16.7. The molecule has 0 amide bonds. The van der Waals surface area contributed by atoms with E-state index in [9.17, 15) is 0 Å². The summed E-state index contributed by atoms with van der Waals surface area (Å²) in [6, 6.07) is 24.2. The summed E-state index contributed by atoms with van der Waals surface area (Å²) >= 11 is 0. The molecule has 54 heavy (non-hydrogen) atoms. The molecule has 0 fully saturated rings. The first-order chi connectivity index (χ1) is 24.1. The molecule has 0 saturated heterocycles. The minimum atomic E-state index is -4.94. The van der Waals surface area contributed by atoms with Crippen LogP contribution in [0.5, 0.6) is 0 Å². The van der Waals surface area contributed by atoms with E-state index >= 15 is 0 Å². The van der Waals surface area contributed by atoms with Crippen molar-refractivity contribution in [2.75, 3.05) is 14.2 Å². The van der Waals surface area contributed by atoms with Crippen molar-refractivity contribution in [1.29, 1.82) is 0 Å². The predicted molar refractivity (Wildman–Crippen MR) is 167 cm³/mol. The van der Waals surface area contributed by atoms with E-state index in [2.05, 4.69) is 95.5 Å². The van der Waals surface area contributed by atoms with Gasteiger partial charge in [0.25, 0.3) is 0 Å². The minimum absolute atomic E-state index is 0. The van der Waals surface area contributed by atoms with E-state index in [4.69, 9.17) is 47.5 Å². The monoisotopic (exact) mass is 886 g/mol. The number of halogens is 2. The Labute approximate surface area is 342 Å². The first kappa shape index (κ1) is 58.4. The zero-order valence-corrected chi connectivity index (χ0v) is 34.7. The summed E-state index contributed by atoms with van der Waals surface area (Å²) in [5, 5.41) is 16.5. The molecule has 0 N–H and O–H groups in total. The van der Waals surface area contributed by atoms with Gasteiger partial charge in [0.15, 0.2) is 0 Å². The number of hydrogen-bond donors (Lipinski definition) is 0. The molecule has 0 saturated carbocycles. The molecular formula is C34H48Cl2N6Ni2O10+2. The Kier molecular flexibility index (Phi) is 33.4. The Balaban J connectivity index is -0.000000336. The Hall–Kier alpha value is -2.31. The van der Waals surface area contributed by atoms with Crippen molar-refractivity contribution < 1.29 is 101 Å². The van der Waals surface area contributed by atoms with Gasteiger partial charge < -0.3 is 10.2 Å². The SMILES string of the molecule is CC(C)(C)N(Cc1ccccn1)Cc1ccccn1.CC(C)(C)N(Cc1ccccn1)Cc1ccccn1.C[O-].C[O-].[Ni+3].[Ni+3].[O-][Cl+3]([O-])([O-])[O-].[O-][Cl+3]([O-])([O-])[O-]. The van der Waals surface area contributed by atoms with Gasteiger partial charge in [-0.05, 0) is 90.1 Å². The van der Waals surface area contributed by atoms with Crippen molar-refractivity contribution in [3.05, 3.63) is 120 Å². The van der Waals surface area contributed by atoms with Gasteiger partial charge in [0.1, 0.15) is 0 Å². The van der Waals surface area contributed by atoms with Crippen molar-refractivity contribution in [1.82, 2.24) is 29.7 Å². The molecule has 0 aliphatic rings. The standard InChI is InChI=1S/2C16H21N3.2CH3O.2ClHO4.2Ni/c2*1-16(2,3)19(12-14-8-4-6-10-17-14)13-15-9-5-7-11-18-15;2*1-2;2*2-1(3,4)5;;/h2*4-11H,12-13H2,1-3H3;2*1H3;2*(H,2,3,4,5);;/q;;2*-1;;;2*+3/p-2. The molecular weight excluding hydrogens is 841 g/mol. The van der Waals surface area contributed by atoms with Crippen LogP contribution >= 0.6 is 0 Å². The van der Waals surface area contributed by atoms with E-state index in [1.165, 1.54) is 0 Å². The molecule has 4 aromatic heterocycles. The second-order valence-corrected chi connectivity index (χ2v) is 13.6. The Morgan fingerprint density at radius 1 is 0.407 bits per heavy atom. The molecule has 0 spiro atoms. The maximum atomic E-state index is 8.49. The topological polar surface area (TPSA) is 289 Å². The van der Waals surface area contributed by atoms with Crippen LogP contribution in [0, 0.1) is 20.5 Å². The fourth-order valence-corrected chi connectivity index (χ4v) is 3.81. The molecule has 0 atom stereocenters. The fourth-order valence-electron chi connectivity index (χ4n) is 3.81. The summed E-state index contributed by atoms with van der Waals surface area (Å²) in [5.41, 5.74) is 4.52. The van der Waals surface area contributed by atoms with Crippen LogP contribution in [-0.2, 0) is 59.2 Å². The van der Waals surface area contributed by atoms with Gasteiger partial charge in [-0.15, -0.1) is 20.5 Å². The van der Waals surface area contributed by atoms with E-state index in [0.717, 1.165) is 63.2 Å². The first-order valence-electron chi connectivity index (χ1n) is 15.3. The summed E-state index contributed by atoms with van der Waals surface area (Å²) in [7, 11) is -8.39. The van der Waals surface area contributed by atoms with Gasteiger partial charge >= 0.3 is 33.0 Å². The maximum absolute atomic E-state index is 8.49. The van der Waals surface area contributed by atoms with Crippen molar-refractivity contribution in [3.8, 4) is 0 Å². The normalized spacial score (nSPS) is 10.7. The molecule has 0 aliphatic heterocycles. The molecule has 306 valence electrons. The third-order valence-electron chi connectivity index (χ3n) is 6.21. The van der Waals surface area contributed by atoms with Crippen LogP contribution in [0.3, 0.4) is 0 Å². The van der Waals surface area contributed by atoms with E-state index in [1.807, 2.05) is 73.3 Å². The van der Waals surface area contributed by atoms with Crippen molar-refractivity contribution >= 4 is 0 Å². The average molecular weight is 889 g/mol. The second kappa shape index (κ2) is 30.9. The molecule has 0 unspecified atom stereocenters. The van der Waals surface area contributed by atoms with Crippen molar-refractivity contribution in [2.45, 2.75) is 78.8 Å². The molecule has 4 heterocycles. The Morgan fingerprint density at radius 2 is 0.574 bits per heavy atom. The van der Waals surface area contributed by atoms with E-state index < -0.39 is 20.5 Å². The number of pyridine rings is 4. The van der Waals surface area contributed by atoms with Gasteiger partial charge in [0.2, 0.25) is 0 Å². The third kappa shape index (κ3) is 35.4. The largest absolute Gasteiger partial charge is 3.00 e. The fraction of sp³-hybridized carbons (Fsp3) is 0.412. The van der Waals surface area contributed by atoms with E-state index in [1.54, 1.807) is 0 Å². The van der Waals surface area contributed by atoms with Crippen LogP contribution in [0.2, 0.25) is 0 Å². The van der Waals surface area contributed by atoms with E-state index in [-0.39, 0.29) is 44.1 Å². The van der Waals surface area contributed by atoms with Gasteiger partial charge in [0.05, 0.1) is 22.8 Å². The van der Waals surface area contributed by atoms with Crippen molar-refractivity contribution in [2.24, 2.45) is 0 Å². The molecule has 2 radical (unpaired) electrons. The number of hydrogen-bond acceptors (Lipinski definition) is 16. The van der Waals surface area contributed by atoms with Crippen LogP contribution in [0.15, 0.2) is 97.6 Å². The van der Waals surface area contributed by atoms with Gasteiger partial charge in [0, 0.05) is 62.0 Å². The van der Waals surface area contributed by atoms with Crippen molar-refractivity contribution in [3.63, 3.8) is 0 Å². The summed E-state index contributed by atoms with van der Waals surface area (Å²) in [5.74, 6) is 0. The molecule has 4 aromatic rings. The van der Waals surface area contributed by atoms with Gasteiger partial charge in [-0.2, -0.15) is 14.2 Å². The Bertz CT molecular complexity index is 1200. The van der Waals surface area contributed by atoms with E-state index in [0.29, 0.717) is 0 Å². The summed E-state index contributed by atoms with van der Waals surface area (Å²) < 4.78 is 67.9. The minimum Gasteiger partial charge on any atom is -0.857 e. The zero-order chi connectivity index (χ0) is 40.4. The molecule has 16 nitrogen and oxygen atoms in total. The number of rotatable bonds is 8. The number of aromatic nitrogens is 4.